The fourth-order valence-electron chi connectivity index (χ4n) is 1.42. The first-order valence-electron chi connectivity index (χ1n) is 5.67. The molecular weight excluding hydrogens is 202 g/mol. The van der Waals surface area contributed by atoms with Crippen LogP contribution in [0.2, 0.25) is 0 Å². The van der Waals surface area contributed by atoms with E-state index in [9.17, 15) is 0 Å². The lowest BCUT2D eigenvalue weighted by Gasteiger charge is -2.08. The Hall–Kier alpha value is -0.470. The van der Waals surface area contributed by atoms with Crippen LogP contribution in [-0.2, 0) is 6.42 Å². The van der Waals surface area contributed by atoms with E-state index >= 15 is 0 Å². The number of rotatable bonds is 6. The monoisotopic (exact) mass is 223 g/mol. The molecule has 1 N–H and O–H groups in total. The van der Waals surface area contributed by atoms with Crippen LogP contribution in [0.5, 0.6) is 0 Å². The molecule has 1 rings (SSSR count). The van der Waals surface area contributed by atoms with Gasteiger partial charge in [-0.25, -0.2) is 0 Å². The van der Waals surface area contributed by atoms with Gasteiger partial charge in [-0.05, 0) is 36.4 Å². The zero-order chi connectivity index (χ0) is 11.1. The molecule has 0 aliphatic carbocycles. The molecular formula is C13H21NS. The SMILES string of the molecule is CCSc1ccc(CCNC(C)C)cc1. The van der Waals surface area contributed by atoms with Gasteiger partial charge >= 0.3 is 0 Å². The number of benzene rings is 1. The van der Waals surface area contributed by atoms with E-state index in [2.05, 4.69) is 50.4 Å². The largest absolute Gasteiger partial charge is 0.314 e. The minimum absolute atomic E-state index is 0.583. The van der Waals surface area contributed by atoms with E-state index < -0.39 is 0 Å². The molecule has 0 aliphatic heterocycles. The van der Waals surface area contributed by atoms with Gasteiger partial charge in [0.05, 0.1) is 0 Å². The number of hydrogen-bond donors (Lipinski definition) is 1. The number of hydrogen-bond acceptors (Lipinski definition) is 2. The Morgan fingerprint density at radius 2 is 1.87 bits per heavy atom. The second-order valence-electron chi connectivity index (χ2n) is 3.94. The van der Waals surface area contributed by atoms with E-state index in [0.717, 1.165) is 18.7 Å². The topological polar surface area (TPSA) is 12.0 Å². The van der Waals surface area contributed by atoms with Crippen molar-refractivity contribution < 1.29 is 0 Å². The van der Waals surface area contributed by atoms with Crippen LogP contribution in [0.4, 0.5) is 0 Å². The minimum Gasteiger partial charge on any atom is -0.314 e. The molecule has 0 atom stereocenters. The third-order valence-corrected chi connectivity index (χ3v) is 3.09. The molecule has 0 bridgehead atoms. The molecule has 1 nitrogen and oxygen atoms in total. The third kappa shape index (κ3) is 5.24. The maximum absolute atomic E-state index is 3.43. The fourth-order valence-corrected chi connectivity index (χ4v) is 2.09. The van der Waals surface area contributed by atoms with Gasteiger partial charge in [0.1, 0.15) is 0 Å². The molecule has 0 amide bonds. The van der Waals surface area contributed by atoms with E-state index in [0.29, 0.717) is 6.04 Å². The summed E-state index contributed by atoms with van der Waals surface area (Å²) in [7, 11) is 0. The maximum Gasteiger partial charge on any atom is 0.00720 e. The van der Waals surface area contributed by atoms with Crippen LogP contribution in [0, 0.1) is 0 Å². The van der Waals surface area contributed by atoms with Gasteiger partial charge in [0, 0.05) is 10.9 Å². The lowest BCUT2D eigenvalue weighted by Crippen LogP contribution is -2.24. The van der Waals surface area contributed by atoms with Crippen molar-refractivity contribution in [1.82, 2.24) is 5.32 Å². The average molecular weight is 223 g/mol. The van der Waals surface area contributed by atoms with Crippen LogP contribution in [0.25, 0.3) is 0 Å². The van der Waals surface area contributed by atoms with Gasteiger partial charge in [0.2, 0.25) is 0 Å². The van der Waals surface area contributed by atoms with Crippen LogP contribution in [0.15, 0.2) is 29.2 Å². The maximum atomic E-state index is 3.43. The molecule has 0 unspecified atom stereocenters. The zero-order valence-electron chi connectivity index (χ0n) is 9.92. The zero-order valence-corrected chi connectivity index (χ0v) is 10.7. The predicted molar refractivity (Wildman–Crippen MR) is 69.7 cm³/mol. The van der Waals surface area contributed by atoms with Crippen molar-refractivity contribution in [2.75, 3.05) is 12.3 Å². The molecule has 0 aromatic heterocycles. The van der Waals surface area contributed by atoms with Gasteiger partial charge in [0.25, 0.3) is 0 Å². The molecule has 0 fully saturated rings. The molecule has 2 heteroatoms. The van der Waals surface area contributed by atoms with Crippen LogP contribution >= 0.6 is 11.8 Å². The lowest BCUT2D eigenvalue weighted by atomic mass is 10.1. The minimum atomic E-state index is 0.583. The first-order chi connectivity index (χ1) is 7.22. The van der Waals surface area contributed by atoms with Crippen molar-refractivity contribution in [3.05, 3.63) is 29.8 Å². The van der Waals surface area contributed by atoms with Gasteiger partial charge in [-0.2, -0.15) is 0 Å². The lowest BCUT2D eigenvalue weighted by molar-refractivity contribution is 0.590. The molecule has 0 radical (unpaired) electrons. The molecule has 1 aromatic carbocycles. The Labute approximate surface area is 97.7 Å². The third-order valence-electron chi connectivity index (χ3n) is 2.20. The molecule has 0 aliphatic rings. The highest BCUT2D eigenvalue weighted by molar-refractivity contribution is 7.99. The Kier molecular flexibility index (Phi) is 5.81. The average Bonchev–Trinajstić information content (AvgIpc) is 2.20. The summed E-state index contributed by atoms with van der Waals surface area (Å²) in [6, 6.07) is 9.50. The smallest absolute Gasteiger partial charge is 0.00720 e. The Morgan fingerprint density at radius 1 is 1.20 bits per heavy atom. The Bertz CT molecular complexity index is 266. The van der Waals surface area contributed by atoms with Crippen molar-refractivity contribution >= 4 is 11.8 Å². The molecule has 1 aromatic rings. The highest BCUT2D eigenvalue weighted by Crippen LogP contribution is 2.17. The summed E-state index contributed by atoms with van der Waals surface area (Å²) in [5, 5.41) is 3.43. The summed E-state index contributed by atoms with van der Waals surface area (Å²) in [4.78, 5) is 1.37. The standard InChI is InChI=1S/C13H21NS/c1-4-15-13-7-5-12(6-8-13)9-10-14-11(2)3/h5-8,11,14H,4,9-10H2,1-3H3. The number of thioether (sulfide) groups is 1. The molecule has 0 saturated carbocycles. The summed E-state index contributed by atoms with van der Waals surface area (Å²) in [5.41, 5.74) is 1.42. The van der Waals surface area contributed by atoms with E-state index in [4.69, 9.17) is 0 Å². The normalized spacial score (nSPS) is 10.9. The summed E-state index contributed by atoms with van der Waals surface area (Å²) >= 11 is 1.90. The second-order valence-corrected chi connectivity index (χ2v) is 5.27. The second kappa shape index (κ2) is 6.91. The van der Waals surface area contributed by atoms with Crippen molar-refractivity contribution in [2.45, 2.75) is 38.1 Å². The van der Waals surface area contributed by atoms with Crippen molar-refractivity contribution in [3.8, 4) is 0 Å². The van der Waals surface area contributed by atoms with Crippen LogP contribution in [-0.4, -0.2) is 18.3 Å². The highest BCUT2D eigenvalue weighted by Gasteiger charge is 1.96. The molecule has 15 heavy (non-hydrogen) atoms. The predicted octanol–water partition coefficient (Wildman–Crippen LogP) is 3.34. The van der Waals surface area contributed by atoms with Gasteiger partial charge in [-0.15, -0.1) is 11.8 Å². The molecule has 0 heterocycles. The highest BCUT2D eigenvalue weighted by atomic mass is 32.2. The van der Waals surface area contributed by atoms with Crippen molar-refractivity contribution in [3.63, 3.8) is 0 Å². The van der Waals surface area contributed by atoms with Crippen LogP contribution < -0.4 is 5.32 Å². The van der Waals surface area contributed by atoms with E-state index in [1.807, 2.05) is 11.8 Å². The molecule has 84 valence electrons. The van der Waals surface area contributed by atoms with E-state index in [1.165, 1.54) is 10.5 Å². The summed E-state index contributed by atoms with van der Waals surface area (Å²) in [6.07, 6.45) is 1.12. The summed E-state index contributed by atoms with van der Waals surface area (Å²) in [5.74, 6) is 1.15. The van der Waals surface area contributed by atoms with Gasteiger partial charge in [0.15, 0.2) is 0 Å². The molecule has 0 saturated heterocycles. The van der Waals surface area contributed by atoms with E-state index in [-0.39, 0.29) is 0 Å². The van der Waals surface area contributed by atoms with Crippen molar-refractivity contribution in [2.24, 2.45) is 0 Å². The Morgan fingerprint density at radius 3 is 2.40 bits per heavy atom. The first-order valence-corrected chi connectivity index (χ1v) is 6.66. The summed E-state index contributed by atoms with van der Waals surface area (Å²) in [6.45, 7) is 7.62. The fraction of sp³-hybridized carbons (Fsp3) is 0.538. The number of nitrogens with one attached hydrogen (secondary N) is 1. The van der Waals surface area contributed by atoms with Crippen LogP contribution in [0.3, 0.4) is 0 Å². The van der Waals surface area contributed by atoms with Gasteiger partial charge in [-0.3, -0.25) is 0 Å². The molecule has 0 spiro atoms. The van der Waals surface area contributed by atoms with Crippen LogP contribution in [0.1, 0.15) is 26.3 Å². The van der Waals surface area contributed by atoms with Crippen molar-refractivity contribution in [1.29, 1.82) is 0 Å². The quantitative estimate of drug-likeness (QED) is 0.742. The van der Waals surface area contributed by atoms with E-state index in [1.54, 1.807) is 0 Å². The van der Waals surface area contributed by atoms with Gasteiger partial charge in [-0.1, -0.05) is 32.9 Å². The Balaban J connectivity index is 2.36. The first kappa shape index (κ1) is 12.6. The summed E-state index contributed by atoms with van der Waals surface area (Å²) < 4.78 is 0. The van der Waals surface area contributed by atoms with Gasteiger partial charge < -0.3 is 5.32 Å².